The first kappa shape index (κ1) is 27.5. The van der Waals surface area contributed by atoms with E-state index in [1.54, 1.807) is 47.6 Å². The monoisotopic (exact) mass is 615 g/mol. The van der Waals surface area contributed by atoms with Crippen molar-refractivity contribution >= 4 is 60.9 Å². The lowest BCUT2D eigenvalue weighted by Gasteiger charge is -2.35. The third-order valence-corrected chi connectivity index (χ3v) is 11.1. The Kier molecular flexibility index (Phi) is 7.77. The molecule has 2 aliphatic rings. The second-order valence-electron chi connectivity index (χ2n) is 9.47. The van der Waals surface area contributed by atoms with E-state index in [1.807, 2.05) is 33.9 Å². The van der Waals surface area contributed by atoms with Crippen LogP contribution in [0.25, 0.3) is 10.2 Å². The van der Waals surface area contributed by atoms with Gasteiger partial charge in [0.15, 0.2) is 11.6 Å². The number of pyridine rings is 2. The van der Waals surface area contributed by atoms with E-state index >= 15 is 0 Å². The van der Waals surface area contributed by atoms with E-state index in [9.17, 15) is 12.8 Å². The van der Waals surface area contributed by atoms with Crippen LogP contribution in [0.1, 0.15) is 12.8 Å². The van der Waals surface area contributed by atoms with Crippen LogP contribution in [-0.2, 0) is 10.0 Å². The zero-order valence-electron chi connectivity index (χ0n) is 21.4. The molecule has 8 nitrogen and oxygen atoms in total. The van der Waals surface area contributed by atoms with Gasteiger partial charge in [-0.05, 0) is 60.0 Å². The summed E-state index contributed by atoms with van der Waals surface area (Å²) in [5, 5.41) is 4.06. The maximum atomic E-state index is 13.6. The van der Waals surface area contributed by atoms with Gasteiger partial charge in [0.1, 0.15) is 17.1 Å². The van der Waals surface area contributed by atoms with E-state index in [4.69, 9.17) is 15.5 Å². The molecule has 6 rings (SSSR count). The summed E-state index contributed by atoms with van der Waals surface area (Å²) in [6, 6.07) is 11.8. The number of benzene rings is 1. The number of rotatable bonds is 7. The van der Waals surface area contributed by atoms with E-state index in [0.717, 1.165) is 25.7 Å². The fourth-order valence-electron chi connectivity index (χ4n) is 4.84. The molecular formula is C27H26FN5O3S4. The van der Waals surface area contributed by atoms with Crippen LogP contribution in [0.5, 0.6) is 11.5 Å². The number of halogens is 1. The van der Waals surface area contributed by atoms with Crippen molar-refractivity contribution < 1.29 is 17.5 Å². The van der Waals surface area contributed by atoms with Gasteiger partial charge in [-0.25, -0.2) is 22.1 Å². The van der Waals surface area contributed by atoms with Gasteiger partial charge in [-0.1, -0.05) is 23.5 Å². The summed E-state index contributed by atoms with van der Waals surface area (Å²) in [5.41, 5.74) is 8.09. The highest BCUT2D eigenvalue weighted by Gasteiger charge is 2.36. The second kappa shape index (κ2) is 11.3. The van der Waals surface area contributed by atoms with Crippen LogP contribution in [0.2, 0.25) is 0 Å². The molecular weight excluding hydrogens is 590 g/mol. The number of allylic oxidation sites excluding steroid dienone is 1. The minimum Gasteiger partial charge on any atom is -0.453 e. The van der Waals surface area contributed by atoms with Crippen molar-refractivity contribution in [1.29, 1.82) is 0 Å². The molecule has 0 radical (unpaired) electrons. The molecule has 1 atom stereocenters. The highest BCUT2D eigenvalue weighted by molar-refractivity contribution is 8.03. The minimum absolute atomic E-state index is 0.123. The van der Waals surface area contributed by atoms with Crippen molar-refractivity contribution in [2.24, 2.45) is 11.7 Å². The zero-order chi connectivity index (χ0) is 27.9. The molecule has 13 heteroatoms. The summed E-state index contributed by atoms with van der Waals surface area (Å²) in [7, 11) is -3.23. The molecule has 4 aromatic rings. The molecule has 40 heavy (non-hydrogen) atoms. The Balaban J connectivity index is 1.33. The van der Waals surface area contributed by atoms with Crippen molar-refractivity contribution in [2.45, 2.75) is 28.1 Å². The molecule has 1 fully saturated rings. The fraction of sp³-hybridized carbons (Fsp3) is 0.259. The highest BCUT2D eigenvalue weighted by Crippen LogP contribution is 2.45. The van der Waals surface area contributed by atoms with E-state index in [1.165, 1.54) is 34.5 Å². The number of ether oxygens (including phenoxy) is 1. The molecule has 5 heterocycles. The maximum absolute atomic E-state index is 13.6. The number of anilines is 1. The summed E-state index contributed by atoms with van der Waals surface area (Å²) < 4.78 is 46.6. The summed E-state index contributed by atoms with van der Waals surface area (Å²) in [6.07, 6.45) is 6.21. The molecule has 2 aliphatic heterocycles. The van der Waals surface area contributed by atoms with Gasteiger partial charge in [0.05, 0.1) is 16.5 Å². The Morgan fingerprint density at radius 3 is 2.65 bits per heavy atom. The number of aromatic nitrogens is 2. The van der Waals surface area contributed by atoms with E-state index in [2.05, 4.69) is 4.98 Å². The van der Waals surface area contributed by atoms with E-state index in [0.29, 0.717) is 43.2 Å². The molecule has 1 saturated heterocycles. The predicted octanol–water partition coefficient (Wildman–Crippen LogP) is 6.08. The Bertz CT molecular complexity index is 1670. The average molecular weight is 616 g/mol. The van der Waals surface area contributed by atoms with Crippen molar-refractivity contribution in [1.82, 2.24) is 14.3 Å². The topological polar surface area (TPSA) is 102 Å². The number of thiophene rings is 1. The first-order valence-electron chi connectivity index (χ1n) is 12.6. The molecule has 2 N–H and O–H groups in total. The molecule has 1 unspecified atom stereocenters. The summed E-state index contributed by atoms with van der Waals surface area (Å²) in [4.78, 5) is 13.2. The van der Waals surface area contributed by atoms with Crippen molar-refractivity contribution in [3.8, 4) is 11.5 Å². The van der Waals surface area contributed by atoms with E-state index in [-0.39, 0.29) is 11.7 Å². The molecule has 0 spiro atoms. The highest BCUT2D eigenvalue weighted by atomic mass is 32.2. The molecule has 0 bridgehead atoms. The van der Waals surface area contributed by atoms with Gasteiger partial charge in [-0.3, -0.25) is 4.98 Å². The molecule has 208 valence electrons. The van der Waals surface area contributed by atoms with Crippen LogP contribution in [0, 0.1) is 11.7 Å². The lowest BCUT2D eigenvalue weighted by molar-refractivity contribution is 0.296. The van der Waals surface area contributed by atoms with E-state index < -0.39 is 15.5 Å². The Morgan fingerprint density at radius 2 is 1.90 bits per heavy atom. The Labute approximate surface area is 244 Å². The normalized spacial score (nSPS) is 18.8. The third kappa shape index (κ3) is 5.71. The second-order valence-corrected chi connectivity index (χ2v) is 14.5. The summed E-state index contributed by atoms with van der Waals surface area (Å²) in [5.74, 6) is 1.29. The number of sulfonamides is 1. The Hall–Kier alpha value is -2.68. The summed E-state index contributed by atoms with van der Waals surface area (Å²) >= 11 is 4.69. The van der Waals surface area contributed by atoms with Crippen molar-refractivity contribution in [2.75, 3.05) is 24.2 Å². The number of nitrogens with zero attached hydrogens (tertiary/aromatic N) is 4. The third-order valence-electron chi connectivity index (χ3n) is 6.82. The van der Waals surface area contributed by atoms with Crippen LogP contribution >= 0.6 is 34.9 Å². The van der Waals surface area contributed by atoms with Gasteiger partial charge in [-0.2, -0.15) is 0 Å². The van der Waals surface area contributed by atoms with Crippen molar-refractivity contribution in [3.05, 3.63) is 77.2 Å². The zero-order valence-corrected chi connectivity index (χ0v) is 24.7. The van der Waals surface area contributed by atoms with Crippen LogP contribution in [0.15, 0.2) is 81.1 Å². The van der Waals surface area contributed by atoms with Gasteiger partial charge < -0.3 is 15.4 Å². The quantitative estimate of drug-likeness (QED) is 0.265. The average Bonchev–Trinajstić information content (AvgIpc) is 3.57. The molecule has 3 aromatic heterocycles. The predicted molar refractivity (Wildman–Crippen MR) is 160 cm³/mol. The first-order chi connectivity index (χ1) is 19.3. The van der Waals surface area contributed by atoms with Gasteiger partial charge in [0.2, 0.25) is 10.0 Å². The van der Waals surface area contributed by atoms with Gasteiger partial charge in [0.25, 0.3) is 0 Å². The number of hydrogen-bond donors (Lipinski definition) is 1. The summed E-state index contributed by atoms with van der Waals surface area (Å²) in [6.45, 7) is 0.916. The largest absolute Gasteiger partial charge is 0.453 e. The SMILES string of the molecule is CS(=O)(=O)N1CCC(C2=CSC(N)N2c2ncc(Sc3ccnc4ccsc34)cc2Oc2ccc(F)cc2)CC1. The van der Waals surface area contributed by atoms with Crippen LogP contribution in [0.3, 0.4) is 0 Å². The van der Waals surface area contributed by atoms with Crippen molar-refractivity contribution in [3.63, 3.8) is 0 Å². The number of thioether (sulfide) groups is 1. The molecule has 0 aliphatic carbocycles. The maximum Gasteiger partial charge on any atom is 0.211 e. The lowest BCUT2D eigenvalue weighted by Crippen LogP contribution is -2.42. The molecule has 0 saturated carbocycles. The fourth-order valence-corrected chi connectivity index (χ4v) is 8.52. The standard InChI is InChI=1S/C27H26FN5O3S4/c1-40(34,35)32-11-7-17(8-12-32)22-16-38-27(29)33(22)26-23(36-19-4-2-18(28)3-5-19)14-20(15-31-26)39-24-6-10-30-21-9-13-37-25(21)24/h2-6,9-10,13-17,27H,7-8,11-12,29H2,1H3. The number of fused-ring (bicyclic) bond motifs is 1. The smallest absolute Gasteiger partial charge is 0.211 e. The molecule has 1 aromatic carbocycles. The van der Waals surface area contributed by atoms with Gasteiger partial charge in [-0.15, -0.1) is 11.3 Å². The van der Waals surface area contributed by atoms with Crippen LogP contribution in [0.4, 0.5) is 10.2 Å². The number of piperidine rings is 1. The first-order valence-corrected chi connectivity index (χ1v) is 17.0. The van der Waals surface area contributed by atoms with Crippen LogP contribution in [-0.4, -0.2) is 47.5 Å². The van der Waals surface area contributed by atoms with Crippen LogP contribution < -0.4 is 15.4 Å². The number of nitrogens with two attached hydrogens (primary N) is 1. The Morgan fingerprint density at radius 1 is 1.12 bits per heavy atom. The van der Waals surface area contributed by atoms with Gasteiger partial charge in [0, 0.05) is 53.0 Å². The minimum atomic E-state index is -3.23. The lowest BCUT2D eigenvalue weighted by atomic mass is 9.94. The van der Waals surface area contributed by atoms with Gasteiger partial charge >= 0.3 is 0 Å². The number of hydrogen-bond acceptors (Lipinski definition) is 10. The molecule has 0 amide bonds.